The molecule has 0 bridgehead atoms. The van der Waals surface area contributed by atoms with E-state index in [-0.39, 0.29) is 11.3 Å². The van der Waals surface area contributed by atoms with Gasteiger partial charge in [-0.1, -0.05) is 32.9 Å². The second kappa shape index (κ2) is 9.93. The summed E-state index contributed by atoms with van der Waals surface area (Å²) in [5.41, 5.74) is 4.54. The van der Waals surface area contributed by atoms with E-state index < -0.39 is 0 Å². The van der Waals surface area contributed by atoms with Crippen molar-refractivity contribution < 1.29 is 4.79 Å². The van der Waals surface area contributed by atoms with Gasteiger partial charge in [-0.2, -0.15) is 0 Å². The molecule has 0 unspecified atom stereocenters. The lowest BCUT2D eigenvalue weighted by Gasteiger charge is -2.19. The van der Waals surface area contributed by atoms with Gasteiger partial charge in [-0.05, 0) is 78.9 Å². The number of carbonyl (C=O) groups excluding carboxylic acids is 1. The van der Waals surface area contributed by atoms with Crippen LogP contribution in [0.1, 0.15) is 48.1 Å². The molecule has 4 rings (SSSR count). The van der Waals surface area contributed by atoms with Crippen molar-refractivity contribution in [1.29, 1.82) is 0 Å². The molecule has 1 amide bonds. The van der Waals surface area contributed by atoms with Gasteiger partial charge in [0, 0.05) is 29.2 Å². The van der Waals surface area contributed by atoms with Crippen LogP contribution in [0, 0.1) is 13.8 Å². The first kappa shape index (κ1) is 23.9. The second-order valence-electron chi connectivity index (χ2n) is 9.51. The number of amides is 1. The molecule has 2 aromatic heterocycles. The topological polar surface area (TPSA) is 91.8 Å². The van der Waals surface area contributed by atoms with Gasteiger partial charge in [0.05, 0.1) is 0 Å². The van der Waals surface area contributed by atoms with Crippen molar-refractivity contribution >= 4 is 34.7 Å². The molecular weight excluding hydrogens is 436 g/mol. The molecule has 3 N–H and O–H groups in total. The van der Waals surface area contributed by atoms with Crippen molar-refractivity contribution in [2.45, 2.75) is 40.0 Å². The monoisotopic (exact) mass is 466 g/mol. The van der Waals surface area contributed by atoms with Crippen LogP contribution in [-0.2, 0) is 5.41 Å². The fraction of sp³-hybridized carbons (Fsp3) is 0.214. The standard InChI is InChI=1S/C28H30N6O/c1-18-14-15-29-24(16-18)34-26-17-25(30-19(2)31-26)32-22-10-12-23(13-11-22)33-27(35)20-6-8-21(9-7-20)28(3,4)5/h6-17H,1-5H3,(H,33,35)(H2,29,30,31,32,34). The van der Waals surface area contributed by atoms with Gasteiger partial charge in [-0.15, -0.1) is 0 Å². The molecule has 2 aromatic carbocycles. The first-order valence-corrected chi connectivity index (χ1v) is 11.5. The zero-order valence-corrected chi connectivity index (χ0v) is 20.7. The Labute approximate surface area is 206 Å². The van der Waals surface area contributed by atoms with Crippen molar-refractivity contribution in [2.75, 3.05) is 16.0 Å². The molecule has 2 heterocycles. The van der Waals surface area contributed by atoms with Crippen LogP contribution >= 0.6 is 0 Å². The zero-order valence-electron chi connectivity index (χ0n) is 20.7. The van der Waals surface area contributed by atoms with Gasteiger partial charge in [-0.3, -0.25) is 4.79 Å². The third-order valence-corrected chi connectivity index (χ3v) is 5.44. The van der Waals surface area contributed by atoms with Crippen molar-refractivity contribution in [2.24, 2.45) is 0 Å². The Balaban J connectivity index is 1.41. The van der Waals surface area contributed by atoms with E-state index in [0.29, 0.717) is 28.7 Å². The van der Waals surface area contributed by atoms with Gasteiger partial charge < -0.3 is 16.0 Å². The molecule has 35 heavy (non-hydrogen) atoms. The highest BCUT2D eigenvalue weighted by Crippen LogP contribution is 2.24. The molecule has 178 valence electrons. The maximum absolute atomic E-state index is 12.6. The number of anilines is 5. The van der Waals surface area contributed by atoms with Crippen LogP contribution in [0.3, 0.4) is 0 Å². The quantitative estimate of drug-likeness (QED) is 0.299. The van der Waals surface area contributed by atoms with E-state index in [1.807, 2.05) is 80.6 Å². The fourth-order valence-corrected chi connectivity index (χ4v) is 3.54. The van der Waals surface area contributed by atoms with E-state index in [1.54, 1.807) is 6.20 Å². The van der Waals surface area contributed by atoms with E-state index in [1.165, 1.54) is 5.56 Å². The van der Waals surface area contributed by atoms with Crippen LogP contribution < -0.4 is 16.0 Å². The number of carbonyl (C=O) groups is 1. The molecule has 0 fully saturated rings. The van der Waals surface area contributed by atoms with Gasteiger partial charge in [0.15, 0.2) is 0 Å². The van der Waals surface area contributed by atoms with E-state index in [4.69, 9.17) is 0 Å². The smallest absolute Gasteiger partial charge is 0.255 e. The molecule has 7 heteroatoms. The summed E-state index contributed by atoms with van der Waals surface area (Å²) in [5.74, 6) is 2.52. The number of benzene rings is 2. The predicted molar refractivity (Wildman–Crippen MR) is 142 cm³/mol. The molecule has 0 aliphatic rings. The molecule has 4 aromatic rings. The Bertz CT molecular complexity index is 1330. The van der Waals surface area contributed by atoms with Crippen molar-refractivity contribution in [3.63, 3.8) is 0 Å². The Morgan fingerprint density at radius 3 is 2.00 bits per heavy atom. The minimum absolute atomic E-state index is 0.0500. The summed E-state index contributed by atoms with van der Waals surface area (Å²) in [4.78, 5) is 25.9. The first-order valence-electron chi connectivity index (χ1n) is 11.5. The van der Waals surface area contributed by atoms with Crippen molar-refractivity contribution in [1.82, 2.24) is 15.0 Å². The molecule has 0 atom stereocenters. The highest BCUT2D eigenvalue weighted by molar-refractivity contribution is 6.04. The van der Waals surface area contributed by atoms with Gasteiger partial charge in [0.25, 0.3) is 5.91 Å². The second-order valence-corrected chi connectivity index (χ2v) is 9.51. The molecule has 7 nitrogen and oxygen atoms in total. The van der Waals surface area contributed by atoms with Crippen LogP contribution in [0.2, 0.25) is 0 Å². The third kappa shape index (κ3) is 6.41. The minimum atomic E-state index is -0.141. The van der Waals surface area contributed by atoms with Gasteiger partial charge >= 0.3 is 0 Å². The Morgan fingerprint density at radius 1 is 0.743 bits per heavy atom. The van der Waals surface area contributed by atoms with E-state index in [2.05, 4.69) is 51.7 Å². The van der Waals surface area contributed by atoms with Crippen molar-refractivity contribution in [3.8, 4) is 0 Å². The van der Waals surface area contributed by atoms with Crippen LogP contribution in [0.4, 0.5) is 28.8 Å². The summed E-state index contributed by atoms with van der Waals surface area (Å²) >= 11 is 0. The molecule has 0 saturated heterocycles. The van der Waals surface area contributed by atoms with E-state index in [9.17, 15) is 4.79 Å². The number of nitrogens with one attached hydrogen (secondary N) is 3. The number of pyridine rings is 1. The SMILES string of the molecule is Cc1ccnc(Nc2cc(Nc3ccc(NC(=O)c4ccc(C(C)(C)C)cc4)cc3)nc(C)n2)c1. The summed E-state index contributed by atoms with van der Waals surface area (Å²) in [6.45, 7) is 10.3. The minimum Gasteiger partial charge on any atom is -0.340 e. The Kier molecular flexibility index (Phi) is 6.78. The largest absolute Gasteiger partial charge is 0.340 e. The molecule has 0 radical (unpaired) electrons. The lowest BCUT2D eigenvalue weighted by atomic mass is 9.87. The predicted octanol–water partition coefficient (Wildman–Crippen LogP) is 6.53. The summed E-state index contributed by atoms with van der Waals surface area (Å²) in [5, 5.41) is 9.46. The highest BCUT2D eigenvalue weighted by Gasteiger charge is 2.14. The van der Waals surface area contributed by atoms with Gasteiger partial charge in [0.1, 0.15) is 23.3 Å². The Hall–Kier alpha value is -4.26. The van der Waals surface area contributed by atoms with Crippen LogP contribution in [0.15, 0.2) is 72.9 Å². The summed E-state index contributed by atoms with van der Waals surface area (Å²) in [6, 6.07) is 21.0. The maximum atomic E-state index is 12.6. The number of aryl methyl sites for hydroxylation is 2. The van der Waals surface area contributed by atoms with Gasteiger partial charge in [0.2, 0.25) is 0 Å². The normalized spacial score (nSPS) is 11.1. The van der Waals surface area contributed by atoms with Crippen molar-refractivity contribution in [3.05, 3.63) is 95.4 Å². The summed E-state index contributed by atoms with van der Waals surface area (Å²) in [6.07, 6.45) is 1.76. The average molecular weight is 467 g/mol. The first-order chi connectivity index (χ1) is 16.7. The number of hydrogen-bond acceptors (Lipinski definition) is 6. The zero-order chi connectivity index (χ0) is 25.0. The number of aromatic nitrogens is 3. The number of nitrogens with zero attached hydrogens (tertiary/aromatic N) is 3. The van der Waals surface area contributed by atoms with E-state index >= 15 is 0 Å². The molecule has 0 aliphatic heterocycles. The summed E-state index contributed by atoms with van der Waals surface area (Å²) in [7, 11) is 0. The Morgan fingerprint density at radius 2 is 1.37 bits per heavy atom. The molecule has 0 saturated carbocycles. The number of rotatable bonds is 6. The maximum Gasteiger partial charge on any atom is 0.255 e. The molecule has 0 aliphatic carbocycles. The average Bonchev–Trinajstić information content (AvgIpc) is 2.79. The van der Waals surface area contributed by atoms with Crippen LogP contribution in [0.25, 0.3) is 0 Å². The molecular formula is C28H30N6O. The highest BCUT2D eigenvalue weighted by atomic mass is 16.1. The fourth-order valence-electron chi connectivity index (χ4n) is 3.54. The molecule has 0 spiro atoms. The van der Waals surface area contributed by atoms with Crippen LogP contribution in [-0.4, -0.2) is 20.9 Å². The summed E-state index contributed by atoms with van der Waals surface area (Å²) < 4.78 is 0. The van der Waals surface area contributed by atoms with Gasteiger partial charge in [-0.25, -0.2) is 15.0 Å². The van der Waals surface area contributed by atoms with E-state index in [0.717, 1.165) is 17.1 Å². The lowest BCUT2D eigenvalue weighted by molar-refractivity contribution is 0.102. The number of hydrogen-bond donors (Lipinski definition) is 3. The lowest BCUT2D eigenvalue weighted by Crippen LogP contribution is -2.14. The third-order valence-electron chi connectivity index (χ3n) is 5.44. The van der Waals surface area contributed by atoms with Crippen LogP contribution in [0.5, 0.6) is 0 Å².